The predicted molar refractivity (Wildman–Crippen MR) is 42.1 cm³/mol. The maximum Gasteiger partial charge on any atom is 0.232 e. The van der Waals surface area contributed by atoms with Crippen molar-refractivity contribution in [2.24, 2.45) is 0 Å². The lowest BCUT2D eigenvalue weighted by molar-refractivity contribution is 0.394. The highest BCUT2D eigenvalue weighted by atomic mass is 16.5. The topological polar surface area (TPSA) is 52.3 Å². The fourth-order valence-electron chi connectivity index (χ4n) is 0.994. The molecule has 0 fully saturated rings. The van der Waals surface area contributed by atoms with Crippen molar-refractivity contribution in [2.75, 3.05) is 7.11 Å². The summed E-state index contributed by atoms with van der Waals surface area (Å²) in [5.74, 6) is 1.26. The Hall–Kier alpha value is -1.65. The maximum absolute atomic E-state index is 4.93. The third kappa shape index (κ3) is 0.990. The van der Waals surface area contributed by atoms with E-state index in [2.05, 4.69) is 15.1 Å². The molecule has 0 atom stereocenters. The van der Waals surface area contributed by atoms with Crippen LogP contribution >= 0.6 is 0 Å². The molecule has 0 amide bonds. The highest BCUT2D eigenvalue weighted by molar-refractivity contribution is 5.34. The molecule has 2 heterocycles. The van der Waals surface area contributed by atoms with Crippen LogP contribution < -0.4 is 4.74 Å². The summed E-state index contributed by atoms with van der Waals surface area (Å²) >= 11 is 0. The van der Waals surface area contributed by atoms with Gasteiger partial charge in [0, 0.05) is 0 Å². The molecule has 2 aromatic rings. The predicted octanol–water partition coefficient (Wildman–Crippen LogP) is 0.441. The van der Waals surface area contributed by atoms with E-state index < -0.39 is 0 Å². The Morgan fingerprint density at radius 1 is 1.50 bits per heavy atom. The zero-order valence-corrected chi connectivity index (χ0v) is 6.85. The van der Waals surface area contributed by atoms with E-state index in [0.717, 1.165) is 11.5 Å². The SMILES string of the molecule is COc1cn2nc(C)nc2cn1. The molecule has 0 spiro atoms. The minimum absolute atomic E-state index is 0.535. The average molecular weight is 164 g/mol. The lowest BCUT2D eigenvalue weighted by atomic mass is 10.7. The monoisotopic (exact) mass is 164 g/mol. The number of ether oxygens (including phenoxy) is 1. The van der Waals surface area contributed by atoms with Gasteiger partial charge < -0.3 is 4.74 Å². The van der Waals surface area contributed by atoms with E-state index in [1.54, 1.807) is 24.0 Å². The Balaban J connectivity index is 2.66. The number of aryl methyl sites for hydroxylation is 1. The van der Waals surface area contributed by atoms with Gasteiger partial charge in [-0.25, -0.2) is 14.5 Å². The molecule has 0 saturated carbocycles. The highest BCUT2D eigenvalue weighted by Crippen LogP contribution is 2.05. The Morgan fingerprint density at radius 2 is 2.33 bits per heavy atom. The molecule has 2 aromatic heterocycles. The molecule has 0 bridgehead atoms. The smallest absolute Gasteiger partial charge is 0.232 e. The van der Waals surface area contributed by atoms with Crippen molar-refractivity contribution < 1.29 is 4.74 Å². The Morgan fingerprint density at radius 3 is 3.08 bits per heavy atom. The normalized spacial score (nSPS) is 10.5. The van der Waals surface area contributed by atoms with E-state index in [9.17, 15) is 0 Å². The van der Waals surface area contributed by atoms with Crippen LogP contribution in [0.4, 0.5) is 0 Å². The van der Waals surface area contributed by atoms with Gasteiger partial charge in [-0.3, -0.25) is 0 Å². The second-order valence-corrected chi connectivity index (χ2v) is 2.39. The van der Waals surface area contributed by atoms with Gasteiger partial charge in [-0.2, -0.15) is 5.10 Å². The van der Waals surface area contributed by atoms with E-state index in [1.807, 2.05) is 6.92 Å². The second-order valence-electron chi connectivity index (χ2n) is 2.39. The zero-order valence-electron chi connectivity index (χ0n) is 6.85. The summed E-state index contributed by atoms with van der Waals surface area (Å²) in [5, 5.41) is 4.11. The minimum Gasteiger partial charge on any atom is -0.480 e. The summed E-state index contributed by atoms with van der Waals surface area (Å²) in [6.07, 6.45) is 3.31. The van der Waals surface area contributed by atoms with E-state index >= 15 is 0 Å². The Bertz CT molecular complexity index is 409. The van der Waals surface area contributed by atoms with Crippen LogP contribution in [0.2, 0.25) is 0 Å². The highest BCUT2D eigenvalue weighted by Gasteiger charge is 2.00. The first-order chi connectivity index (χ1) is 5.79. The molecule has 0 saturated heterocycles. The first kappa shape index (κ1) is 7.02. The Labute approximate surface area is 69.0 Å². The number of fused-ring (bicyclic) bond motifs is 1. The number of nitrogens with zero attached hydrogens (tertiary/aromatic N) is 4. The van der Waals surface area contributed by atoms with Crippen LogP contribution in [0.5, 0.6) is 5.88 Å². The van der Waals surface area contributed by atoms with Gasteiger partial charge in [0.1, 0.15) is 5.82 Å². The van der Waals surface area contributed by atoms with Crippen molar-refractivity contribution in [2.45, 2.75) is 6.92 Å². The summed E-state index contributed by atoms with van der Waals surface area (Å²) in [5.41, 5.74) is 0.730. The quantitative estimate of drug-likeness (QED) is 0.613. The fourth-order valence-corrected chi connectivity index (χ4v) is 0.994. The molecule has 0 aliphatic carbocycles. The molecule has 5 nitrogen and oxygen atoms in total. The van der Waals surface area contributed by atoms with Crippen LogP contribution in [-0.2, 0) is 0 Å². The summed E-state index contributed by atoms with van der Waals surface area (Å²) in [6.45, 7) is 1.83. The van der Waals surface area contributed by atoms with Crippen molar-refractivity contribution >= 4 is 5.65 Å². The molecule has 0 unspecified atom stereocenters. The van der Waals surface area contributed by atoms with Crippen molar-refractivity contribution in [3.8, 4) is 5.88 Å². The number of hydrogen-bond acceptors (Lipinski definition) is 4. The van der Waals surface area contributed by atoms with Crippen LogP contribution in [0.15, 0.2) is 12.4 Å². The third-order valence-corrected chi connectivity index (χ3v) is 1.51. The van der Waals surface area contributed by atoms with Crippen LogP contribution in [0.3, 0.4) is 0 Å². The summed E-state index contributed by atoms with van der Waals surface area (Å²) < 4.78 is 6.57. The molecular formula is C7H8N4O. The van der Waals surface area contributed by atoms with Crippen molar-refractivity contribution in [1.29, 1.82) is 0 Å². The van der Waals surface area contributed by atoms with Gasteiger partial charge in [0.15, 0.2) is 5.65 Å². The maximum atomic E-state index is 4.93. The van der Waals surface area contributed by atoms with Crippen LogP contribution in [0, 0.1) is 6.92 Å². The van der Waals surface area contributed by atoms with Gasteiger partial charge in [-0.1, -0.05) is 0 Å². The molecule has 12 heavy (non-hydrogen) atoms. The van der Waals surface area contributed by atoms with E-state index in [0.29, 0.717) is 5.88 Å². The van der Waals surface area contributed by atoms with Crippen LogP contribution in [0.1, 0.15) is 5.82 Å². The van der Waals surface area contributed by atoms with Crippen molar-refractivity contribution in [1.82, 2.24) is 19.6 Å². The van der Waals surface area contributed by atoms with Crippen molar-refractivity contribution in [3.63, 3.8) is 0 Å². The van der Waals surface area contributed by atoms with Gasteiger partial charge in [0.2, 0.25) is 5.88 Å². The number of methoxy groups -OCH3 is 1. The first-order valence-corrected chi connectivity index (χ1v) is 3.52. The average Bonchev–Trinajstić information content (AvgIpc) is 2.43. The molecule has 0 radical (unpaired) electrons. The lowest BCUT2D eigenvalue weighted by Gasteiger charge is -1.96. The summed E-state index contributed by atoms with van der Waals surface area (Å²) in [4.78, 5) is 8.12. The zero-order chi connectivity index (χ0) is 8.55. The lowest BCUT2D eigenvalue weighted by Crippen LogP contribution is -1.93. The third-order valence-electron chi connectivity index (χ3n) is 1.51. The largest absolute Gasteiger partial charge is 0.480 e. The number of rotatable bonds is 1. The minimum atomic E-state index is 0.535. The summed E-state index contributed by atoms with van der Waals surface area (Å²) in [7, 11) is 1.57. The number of aromatic nitrogens is 4. The second kappa shape index (κ2) is 2.44. The summed E-state index contributed by atoms with van der Waals surface area (Å²) in [6, 6.07) is 0. The molecule has 5 heteroatoms. The van der Waals surface area contributed by atoms with Crippen molar-refractivity contribution in [3.05, 3.63) is 18.2 Å². The molecule has 62 valence electrons. The van der Waals surface area contributed by atoms with E-state index in [4.69, 9.17) is 4.74 Å². The fraction of sp³-hybridized carbons (Fsp3) is 0.286. The van der Waals surface area contributed by atoms with Gasteiger partial charge >= 0.3 is 0 Å². The molecule has 0 aliphatic rings. The molecule has 0 aliphatic heterocycles. The molecule has 0 aromatic carbocycles. The van der Waals surface area contributed by atoms with Gasteiger partial charge in [-0.15, -0.1) is 0 Å². The molecular weight excluding hydrogens is 156 g/mol. The standard InChI is InChI=1S/C7H8N4O/c1-5-9-6-3-8-7(12-2)4-11(6)10-5/h3-4H,1-2H3. The first-order valence-electron chi connectivity index (χ1n) is 3.52. The van der Waals surface area contributed by atoms with E-state index in [1.165, 1.54) is 0 Å². The van der Waals surface area contributed by atoms with Crippen LogP contribution in [-0.4, -0.2) is 26.7 Å². The number of hydrogen-bond donors (Lipinski definition) is 0. The van der Waals surface area contributed by atoms with Crippen LogP contribution in [0.25, 0.3) is 5.65 Å². The molecule has 0 N–H and O–H groups in total. The van der Waals surface area contributed by atoms with E-state index in [-0.39, 0.29) is 0 Å². The van der Waals surface area contributed by atoms with Gasteiger partial charge in [-0.05, 0) is 6.92 Å². The van der Waals surface area contributed by atoms with Gasteiger partial charge in [0.05, 0.1) is 19.5 Å². The Kier molecular flexibility index (Phi) is 1.43. The van der Waals surface area contributed by atoms with Gasteiger partial charge in [0.25, 0.3) is 0 Å². The molecule has 2 rings (SSSR count).